The minimum atomic E-state index is -3.28. The number of rotatable bonds is 5. The predicted molar refractivity (Wildman–Crippen MR) is 86.9 cm³/mol. The van der Waals surface area contributed by atoms with Crippen molar-refractivity contribution in [2.45, 2.75) is 56.1 Å². The van der Waals surface area contributed by atoms with Crippen LogP contribution in [-0.4, -0.2) is 20.2 Å². The van der Waals surface area contributed by atoms with Gasteiger partial charge in [0.1, 0.15) is 0 Å². The van der Waals surface area contributed by atoms with E-state index in [4.69, 9.17) is 5.73 Å². The summed E-state index contributed by atoms with van der Waals surface area (Å²) in [6.45, 7) is 4.56. The average molecular weight is 309 g/mol. The first-order valence-electron chi connectivity index (χ1n) is 7.99. The first-order chi connectivity index (χ1) is 9.98. The Morgan fingerprint density at radius 2 is 2.05 bits per heavy atom. The molecule has 0 saturated heterocycles. The minimum absolute atomic E-state index is 0.101. The van der Waals surface area contributed by atoms with Gasteiger partial charge in [0.25, 0.3) is 0 Å². The molecule has 1 saturated carbocycles. The quantitative estimate of drug-likeness (QED) is 0.907. The number of benzene rings is 1. The van der Waals surface area contributed by atoms with Crippen molar-refractivity contribution in [1.82, 2.24) is 0 Å². The second-order valence-corrected chi connectivity index (χ2v) is 8.53. The van der Waals surface area contributed by atoms with Crippen LogP contribution in [0.25, 0.3) is 0 Å². The van der Waals surface area contributed by atoms with Gasteiger partial charge in [0.15, 0.2) is 9.84 Å². The van der Waals surface area contributed by atoms with Crippen LogP contribution in [0.4, 0.5) is 0 Å². The lowest BCUT2D eigenvalue weighted by Crippen LogP contribution is -2.40. The second kappa shape index (κ2) is 6.93. The molecule has 1 aromatic carbocycles. The third-order valence-electron chi connectivity index (χ3n) is 4.75. The van der Waals surface area contributed by atoms with Crippen LogP contribution in [0.2, 0.25) is 0 Å². The summed E-state index contributed by atoms with van der Waals surface area (Å²) in [4.78, 5) is 0.461. The van der Waals surface area contributed by atoms with Gasteiger partial charge in [-0.1, -0.05) is 38.3 Å². The Morgan fingerprint density at radius 1 is 1.29 bits per heavy atom. The fraction of sp³-hybridized carbons (Fsp3) is 0.647. The van der Waals surface area contributed by atoms with E-state index in [1.54, 1.807) is 12.1 Å². The fourth-order valence-electron chi connectivity index (χ4n) is 3.56. The van der Waals surface area contributed by atoms with Gasteiger partial charge in [0.2, 0.25) is 0 Å². The number of hydrogen-bond acceptors (Lipinski definition) is 3. The molecule has 1 aliphatic carbocycles. The first kappa shape index (κ1) is 16.5. The summed E-state index contributed by atoms with van der Waals surface area (Å²) in [7, 11) is -3.28. The molecule has 0 spiro atoms. The SMILES string of the molecule is CCCC1CCC(CN)C(S(=O)(=O)c2cccc(C)c2)C1. The lowest BCUT2D eigenvalue weighted by molar-refractivity contribution is 0.268. The van der Waals surface area contributed by atoms with E-state index in [2.05, 4.69) is 6.92 Å². The highest BCUT2D eigenvalue weighted by Crippen LogP contribution is 2.37. The third-order valence-corrected chi connectivity index (χ3v) is 7.04. The van der Waals surface area contributed by atoms with E-state index in [-0.39, 0.29) is 11.2 Å². The number of hydrogen-bond donors (Lipinski definition) is 1. The second-order valence-electron chi connectivity index (χ2n) is 6.36. The molecule has 0 aromatic heterocycles. The van der Waals surface area contributed by atoms with Gasteiger partial charge >= 0.3 is 0 Å². The topological polar surface area (TPSA) is 60.2 Å². The van der Waals surface area contributed by atoms with Gasteiger partial charge in [0, 0.05) is 0 Å². The molecule has 3 nitrogen and oxygen atoms in total. The van der Waals surface area contributed by atoms with E-state index in [0.29, 0.717) is 17.4 Å². The average Bonchev–Trinajstić information content (AvgIpc) is 2.47. The van der Waals surface area contributed by atoms with Gasteiger partial charge in [-0.15, -0.1) is 0 Å². The van der Waals surface area contributed by atoms with Crippen molar-refractivity contribution in [2.75, 3.05) is 6.54 Å². The fourth-order valence-corrected chi connectivity index (χ4v) is 5.81. The van der Waals surface area contributed by atoms with Crippen LogP contribution < -0.4 is 5.73 Å². The molecule has 118 valence electrons. The summed E-state index contributed by atoms with van der Waals surface area (Å²) in [5.41, 5.74) is 6.84. The molecule has 0 aliphatic heterocycles. The van der Waals surface area contributed by atoms with Gasteiger partial charge in [-0.25, -0.2) is 8.42 Å². The smallest absolute Gasteiger partial charge is 0.181 e. The van der Waals surface area contributed by atoms with Gasteiger partial charge < -0.3 is 5.73 Å². The van der Waals surface area contributed by atoms with E-state index in [9.17, 15) is 8.42 Å². The number of sulfone groups is 1. The monoisotopic (exact) mass is 309 g/mol. The van der Waals surface area contributed by atoms with Crippen molar-refractivity contribution in [1.29, 1.82) is 0 Å². The van der Waals surface area contributed by atoms with Gasteiger partial charge in [-0.3, -0.25) is 0 Å². The molecule has 0 radical (unpaired) electrons. The van der Waals surface area contributed by atoms with E-state index in [0.717, 1.165) is 37.7 Å². The normalized spacial score (nSPS) is 26.7. The minimum Gasteiger partial charge on any atom is -0.330 e. The molecule has 0 bridgehead atoms. The van der Waals surface area contributed by atoms with E-state index in [1.807, 2.05) is 19.1 Å². The summed E-state index contributed by atoms with van der Waals surface area (Å²) in [5, 5.41) is -0.311. The Labute approximate surface area is 128 Å². The molecule has 1 aliphatic rings. The van der Waals surface area contributed by atoms with Crippen LogP contribution in [-0.2, 0) is 9.84 Å². The molecule has 0 heterocycles. The molecule has 2 N–H and O–H groups in total. The summed E-state index contributed by atoms with van der Waals surface area (Å²) in [5.74, 6) is 0.631. The Bertz CT molecular complexity index is 568. The molecule has 2 rings (SSSR count). The highest BCUT2D eigenvalue weighted by atomic mass is 32.2. The maximum Gasteiger partial charge on any atom is 0.181 e. The van der Waals surface area contributed by atoms with Crippen molar-refractivity contribution in [3.8, 4) is 0 Å². The first-order valence-corrected chi connectivity index (χ1v) is 9.54. The van der Waals surface area contributed by atoms with Crippen molar-refractivity contribution in [3.05, 3.63) is 29.8 Å². The Morgan fingerprint density at radius 3 is 2.67 bits per heavy atom. The van der Waals surface area contributed by atoms with Crippen LogP contribution in [0.15, 0.2) is 29.2 Å². The number of nitrogens with two attached hydrogens (primary N) is 1. The molecule has 4 heteroatoms. The van der Waals surface area contributed by atoms with Gasteiger partial charge in [0.05, 0.1) is 10.1 Å². The maximum atomic E-state index is 13.0. The van der Waals surface area contributed by atoms with Gasteiger partial charge in [-0.2, -0.15) is 0 Å². The Kier molecular flexibility index (Phi) is 5.44. The molecular weight excluding hydrogens is 282 g/mol. The standard InChI is InChI=1S/C17H27NO2S/c1-3-5-14-8-9-15(12-18)17(11-14)21(19,20)16-7-4-6-13(2)10-16/h4,6-7,10,14-15,17H,3,5,8-9,11-12,18H2,1-2H3. The zero-order valence-corrected chi connectivity index (χ0v) is 13.9. The molecule has 3 unspecified atom stereocenters. The zero-order valence-electron chi connectivity index (χ0n) is 13.1. The van der Waals surface area contributed by atoms with Crippen LogP contribution in [0.3, 0.4) is 0 Å². The highest BCUT2D eigenvalue weighted by molar-refractivity contribution is 7.92. The third kappa shape index (κ3) is 3.67. The predicted octanol–water partition coefficient (Wildman–Crippen LogP) is 3.31. The van der Waals surface area contributed by atoms with E-state index < -0.39 is 9.84 Å². The molecular formula is C17H27NO2S. The summed E-state index contributed by atoms with van der Waals surface area (Å²) >= 11 is 0. The molecule has 21 heavy (non-hydrogen) atoms. The highest BCUT2D eigenvalue weighted by Gasteiger charge is 2.38. The van der Waals surface area contributed by atoms with Crippen molar-refractivity contribution < 1.29 is 8.42 Å². The van der Waals surface area contributed by atoms with Crippen molar-refractivity contribution in [3.63, 3.8) is 0 Å². The molecule has 1 aromatic rings. The molecule has 3 atom stereocenters. The maximum absolute atomic E-state index is 13.0. The summed E-state index contributed by atoms with van der Waals surface area (Å²) < 4.78 is 26.0. The van der Waals surface area contributed by atoms with Crippen molar-refractivity contribution in [2.24, 2.45) is 17.6 Å². The Balaban J connectivity index is 2.30. The molecule has 1 fully saturated rings. The van der Waals surface area contributed by atoms with E-state index >= 15 is 0 Å². The zero-order chi connectivity index (χ0) is 15.5. The molecule has 0 amide bonds. The van der Waals surface area contributed by atoms with E-state index in [1.165, 1.54) is 0 Å². The Hall–Kier alpha value is -0.870. The largest absolute Gasteiger partial charge is 0.330 e. The summed E-state index contributed by atoms with van der Waals surface area (Å²) in [6, 6.07) is 7.26. The number of aryl methyl sites for hydroxylation is 1. The lowest BCUT2D eigenvalue weighted by Gasteiger charge is -2.35. The lowest BCUT2D eigenvalue weighted by atomic mass is 9.80. The van der Waals surface area contributed by atoms with Crippen LogP contribution in [0.1, 0.15) is 44.6 Å². The summed E-state index contributed by atoms with van der Waals surface area (Å²) in [6.07, 6.45) is 5.07. The van der Waals surface area contributed by atoms with Crippen LogP contribution in [0.5, 0.6) is 0 Å². The van der Waals surface area contributed by atoms with Crippen LogP contribution in [0, 0.1) is 18.8 Å². The van der Waals surface area contributed by atoms with Gasteiger partial charge in [-0.05, 0) is 55.8 Å². The van der Waals surface area contributed by atoms with Crippen molar-refractivity contribution >= 4 is 9.84 Å². The van der Waals surface area contributed by atoms with Crippen LogP contribution >= 0.6 is 0 Å².